The first-order valence-electron chi connectivity index (χ1n) is 5.58. The number of nitrogens with one attached hydrogen (secondary N) is 1. The molecule has 0 saturated carbocycles. The van der Waals surface area contributed by atoms with Crippen molar-refractivity contribution in [1.29, 1.82) is 0 Å². The summed E-state index contributed by atoms with van der Waals surface area (Å²) in [5.41, 5.74) is 0.238. The molecular weight excluding hydrogens is 268 g/mol. The van der Waals surface area contributed by atoms with Gasteiger partial charge in [0.15, 0.2) is 0 Å². The second kappa shape index (κ2) is 5.84. The maximum absolute atomic E-state index is 13.5. The Morgan fingerprint density at radius 2 is 1.84 bits per heavy atom. The van der Waals surface area contributed by atoms with Gasteiger partial charge in [-0.3, -0.25) is 4.79 Å². The van der Waals surface area contributed by atoms with Crippen LogP contribution in [0.25, 0.3) is 0 Å². The molecular formula is C14H11F2NOS. The number of hydrogen-bond donors (Lipinski definition) is 2. The van der Waals surface area contributed by atoms with Gasteiger partial charge >= 0.3 is 0 Å². The molecule has 0 aliphatic carbocycles. The van der Waals surface area contributed by atoms with Gasteiger partial charge in [0, 0.05) is 17.0 Å². The van der Waals surface area contributed by atoms with Crippen LogP contribution in [0.2, 0.25) is 0 Å². The standard InChI is InChI=1S/C14H11F2NOS/c15-12-4-2-1-3-9(12)8-17-14(18)11-7-10(19)5-6-13(11)16/h1-7,19H,8H2,(H,17,18). The van der Waals surface area contributed by atoms with Crippen molar-refractivity contribution in [2.45, 2.75) is 11.4 Å². The number of rotatable bonds is 3. The Kier molecular flexibility index (Phi) is 4.16. The third-order valence-electron chi connectivity index (χ3n) is 2.59. The van der Waals surface area contributed by atoms with Gasteiger partial charge in [-0.1, -0.05) is 18.2 Å². The topological polar surface area (TPSA) is 29.1 Å². The molecule has 1 N–H and O–H groups in total. The highest BCUT2D eigenvalue weighted by molar-refractivity contribution is 7.80. The van der Waals surface area contributed by atoms with Gasteiger partial charge in [0.05, 0.1) is 5.56 Å². The lowest BCUT2D eigenvalue weighted by Crippen LogP contribution is -2.24. The van der Waals surface area contributed by atoms with Gasteiger partial charge in [-0.2, -0.15) is 0 Å². The molecule has 0 bridgehead atoms. The monoisotopic (exact) mass is 279 g/mol. The Morgan fingerprint density at radius 3 is 2.58 bits per heavy atom. The fourth-order valence-corrected chi connectivity index (χ4v) is 1.80. The van der Waals surface area contributed by atoms with E-state index in [-0.39, 0.29) is 12.1 Å². The second-order valence-electron chi connectivity index (χ2n) is 3.94. The highest BCUT2D eigenvalue weighted by Gasteiger charge is 2.12. The van der Waals surface area contributed by atoms with E-state index >= 15 is 0 Å². The molecule has 0 aromatic heterocycles. The Hall–Kier alpha value is -1.88. The number of halogens is 2. The van der Waals surface area contributed by atoms with E-state index in [1.165, 1.54) is 24.3 Å². The minimum absolute atomic E-state index is 0.00173. The average molecular weight is 279 g/mol. The molecule has 0 aliphatic heterocycles. The van der Waals surface area contributed by atoms with Crippen LogP contribution in [0, 0.1) is 11.6 Å². The summed E-state index contributed by atoms with van der Waals surface area (Å²) in [4.78, 5) is 12.3. The second-order valence-corrected chi connectivity index (χ2v) is 4.45. The Labute approximate surface area is 114 Å². The third-order valence-corrected chi connectivity index (χ3v) is 2.87. The van der Waals surface area contributed by atoms with Gasteiger partial charge in [0.2, 0.25) is 0 Å². The van der Waals surface area contributed by atoms with Crippen LogP contribution in [0.15, 0.2) is 47.4 Å². The minimum atomic E-state index is -0.635. The molecule has 19 heavy (non-hydrogen) atoms. The van der Waals surface area contributed by atoms with Crippen LogP contribution in [0.5, 0.6) is 0 Å². The van der Waals surface area contributed by atoms with Crippen molar-refractivity contribution in [1.82, 2.24) is 5.32 Å². The van der Waals surface area contributed by atoms with Crippen LogP contribution in [-0.4, -0.2) is 5.91 Å². The molecule has 0 fully saturated rings. The van der Waals surface area contributed by atoms with Gasteiger partial charge in [-0.15, -0.1) is 12.6 Å². The van der Waals surface area contributed by atoms with Crippen molar-refractivity contribution in [2.75, 3.05) is 0 Å². The van der Waals surface area contributed by atoms with Gasteiger partial charge in [0.1, 0.15) is 11.6 Å². The van der Waals surface area contributed by atoms with Crippen molar-refractivity contribution in [3.8, 4) is 0 Å². The normalized spacial score (nSPS) is 10.3. The summed E-state index contributed by atoms with van der Waals surface area (Å²) in [6.45, 7) is 0.00173. The van der Waals surface area contributed by atoms with E-state index in [0.717, 1.165) is 0 Å². The fourth-order valence-electron chi connectivity index (χ4n) is 1.60. The van der Waals surface area contributed by atoms with E-state index in [1.807, 2.05) is 0 Å². The highest BCUT2D eigenvalue weighted by atomic mass is 32.1. The molecule has 5 heteroatoms. The van der Waals surface area contributed by atoms with Crippen LogP contribution in [0.1, 0.15) is 15.9 Å². The molecule has 0 saturated heterocycles. The molecule has 2 nitrogen and oxygen atoms in total. The molecule has 0 radical (unpaired) electrons. The number of hydrogen-bond acceptors (Lipinski definition) is 2. The maximum Gasteiger partial charge on any atom is 0.254 e. The van der Waals surface area contributed by atoms with Crippen LogP contribution >= 0.6 is 12.6 Å². The maximum atomic E-state index is 13.5. The number of carbonyl (C=O) groups is 1. The quantitative estimate of drug-likeness (QED) is 0.830. The summed E-state index contributed by atoms with van der Waals surface area (Å²) in [6, 6.07) is 10.0. The molecule has 0 spiro atoms. The Morgan fingerprint density at radius 1 is 1.11 bits per heavy atom. The summed E-state index contributed by atoms with van der Waals surface area (Å²) < 4.78 is 26.8. The predicted molar refractivity (Wildman–Crippen MR) is 71.2 cm³/mol. The first-order valence-corrected chi connectivity index (χ1v) is 6.03. The molecule has 2 aromatic rings. The Balaban J connectivity index is 2.10. The first kappa shape index (κ1) is 13.5. The van der Waals surface area contributed by atoms with Gasteiger partial charge in [0.25, 0.3) is 5.91 Å². The van der Waals surface area contributed by atoms with E-state index in [9.17, 15) is 13.6 Å². The fraction of sp³-hybridized carbons (Fsp3) is 0.0714. The molecule has 98 valence electrons. The largest absolute Gasteiger partial charge is 0.348 e. The van der Waals surface area contributed by atoms with E-state index < -0.39 is 17.5 Å². The molecule has 1 amide bonds. The smallest absolute Gasteiger partial charge is 0.254 e. The van der Waals surface area contributed by atoms with Crippen molar-refractivity contribution in [2.24, 2.45) is 0 Å². The van der Waals surface area contributed by atoms with Crippen LogP contribution in [-0.2, 0) is 6.54 Å². The van der Waals surface area contributed by atoms with Crippen LogP contribution < -0.4 is 5.32 Å². The molecule has 0 aliphatic rings. The lowest BCUT2D eigenvalue weighted by molar-refractivity contribution is 0.0946. The number of benzene rings is 2. The van der Waals surface area contributed by atoms with Crippen molar-refractivity contribution in [3.63, 3.8) is 0 Å². The number of thiol groups is 1. The summed E-state index contributed by atoms with van der Waals surface area (Å²) in [7, 11) is 0. The lowest BCUT2D eigenvalue weighted by Gasteiger charge is -2.07. The predicted octanol–water partition coefficient (Wildman–Crippen LogP) is 3.18. The van der Waals surface area contributed by atoms with E-state index in [0.29, 0.717) is 10.5 Å². The number of amides is 1. The Bertz CT molecular complexity index is 616. The molecule has 0 heterocycles. The van der Waals surface area contributed by atoms with E-state index in [4.69, 9.17) is 0 Å². The molecule has 0 unspecified atom stereocenters. The lowest BCUT2D eigenvalue weighted by atomic mass is 10.1. The third kappa shape index (κ3) is 3.32. The zero-order chi connectivity index (χ0) is 13.8. The van der Waals surface area contributed by atoms with Gasteiger partial charge in [-0.25, -0.2) is 8.78 Å². The molecule has 2 rings (SSSR count). The summed E-state index contributed by atoms with van der Waals surface area (Å²) in [5, 5.41) is 2.47. The SMILES string of the molecule is O=C(NCc1ccccc1F)c1cc(S)ccc1F. The first-order chi connectivity index (χ1) is 9.08. The zero-order valence-corrected chi connectivity index (χ0v) is 10.8. The summed E-state index contributed by atoms with van der Waals surface area (Å²) in [6.07, 6.45) is 0. The molecule has 2 aromatic carbocycles. The van der Waals surface area contributed by atoms with Crippen molar-refractivity contribution < 1.29 is 13.6 Å². The highest BCUT2D eigenvalue weighted by Crippen LogP contribution is 2.14. The van der Waals surface area contributed by atoms with Gasteiger partial charge < -0.3 is 5.32 Å². The summed E-state index contributed by atoms with van der Waals surface area (Å²) >= 11 is 4.04. The average Bonchev–Trinajstić information content (AvgIpc) is 2.40. The minimum Gasteiger partial charge on any atom is -0.348 e. The van der Waals surface area contributed by atoms with E-state index in [2.05, 4.69) is 17.9 Å². The van der Waals surface area contributed by atoms with E-state index in [1.54, 1.807) is 18.2 Å². The van der Waals surface area contributed by atoms with Crippen LogP contribution in [0.4, 0.5) is 8.78 Å². The zero-order valence-electron chi connectivity index (χ0n) is 9.86. The number of carbonyl (C=O) groups excluding carboxylic acids is 1. The molecule has 0 atom stereocenters. The van der Waals surface area contributed by atoms with Gasteiger partial charge in [-0.05, 0) is 24.3 Å². The van der Waals surface area contributed by atoms with Crippen LogP contribution in [0.3, 0.4) is 0 Å². The van der Waals surface area contributed by atoms with Crippen molar-refractivity contribution in [3.05, 3.63) is 65.2 Å². The van der Waals surface area contributed by atoms with Crippen molar-refractivity contribution >= 4 is 18.5 Å². The summed E-state index contributed by atoms with van der Waals surface area (Å²) in [5.74, 6) is -1.65.